The van der Waals surface area contributed by atoms with Crippen molar-refractivity contribution >= 4 is 5.97 Å². The van der Waals surface area contributed by atoms with Crippen LogP contribution in [-0.2, 0) is 19.0 Å². The Morgan fingerprint density at radius 1 is 1.38 bits per heavy atom. The molecule has 21 heavy (non-hydrogen) atoms. The van der Waals surface area contributed by atoms with Gasteiger partial charge >= 0.3 is 5.97 Å². The average Bonchev–Trinajstić information content (AvgIpc) is 2.99. The lowest BCUT2D eigenvalue weighted by Crippen LogP contribution is -2.72. The van der Waals surface area contributed by atoms with Crippen molar-refractivity contribution in [3.05, 3.63) is 12.2 Å². The highest BCUT2D eigenvalue weighted by Gasteiger charge is 2.92. The van der Waals surface area contributed by atoms with Crippen LogP contribution in [0.2, 0.25) is 0 Å². The van der Waals surface area contributed by atoms with Gasteiger partial charge < -0.3 is 24.4 Å². The third kappa shape index (κ3) is 0.933. The molecule has 6 heteroatoms. The molecule has 2 saturated carbocycles. The minimum absolute atomic E-state index is 0.122. The summed E-state index contributed by atoms with van der Waals surface area (Å²) in [5.41, 5.74) is -1.72. The van der Waals surface area contributed by atoms with E-state index in [9.17, 15) is 15.0 Å². The van der Waals surface area contributed by atoms with E-state index >= 15 is 0 Å². The summed E-state index contributed by atoms with van der Waals surface area (Å²) in [5.74, 6) is -3.49. The molecule has 0 radical (unpaired) electrons. The maximum Gasteiger partial charge on any atom is 0.313 e. The molecule has 2 N–H and O–H groups in total. The van der Waals surface area contributed by atoms with Crippen molar-refractivity contribution in [3.8, 4) is 0 Å². The van der Waals surface area contributed by atoms with E-state index in [-0.39, 0.29) is 12.0 Å². The molecule has 0 aromatic heterocycles. The molecular formula is C15H18O6. The standard InChI is InChI=1S/C15H18O6/c1-5(2)7-8-12(16)21-10(7)15(18)13(3)6(4-19-15)9-11(20-9)14(8,13)17/h6-11,17-18H,1,4H2,2-3H3/t6-,7-,8+,9+,10+,11+,13-,14-,15+/m0/s1. The van der Waals surface area contributed by atoms with Gasteiger partial charge in [0.25, 0.3) is 0 Å². The molecule has 5 rings (SSSR count). The summed E-state index contributed by atoms with van der Waals surface area (Å²) in [5, 5.41) is 22.7. The van der Waals surface area contributed by atoms with Crippen LogP contribution in [0.1, 0.15) is 13.8 Å². The Hall–Kier alpha value is -0.950. The first-order chi connectivity index (χ1) is 9.78. The maximum atomic E-state index is 12.4. The normalized spacial score (nSPS) is 65.8. The molecule has 3 saturated heterocycles. The Morgan fingerprint density at radius 2 is 2.10 bits per heavy atom. The number of epoxide rings is 1. The maximum absolute atomic E-state index is 12.4. The Balaban J connectivity index is 1.81. The Morgan fingerprint density at radius 3 is 2.76 bits per heavy atom. The third-order valence-electron chi connectivity index (χ3n) is 6.77. The number of esters is 1. The topological polar surface area (TPSA) is 88.5 Å². The summed E-state index contributed by atoms with van der Waals surface area (Å²) in [7, 11) is 0. The highest BCUT2D eigenvalue weighted by Crippen LogP contribution is 2.75. The van der Waals surface area contributed by atoms with Gasteiger partial charge in [0, 0.05) is 11.8 Å². The van der Waals surface area contributed by atoms with E-state index in [0.717, 1.165) is 0 Å². The summed E-state index contributed by atoms with van der Waals surface area (Å²) in [4.78, 5) is 12.4. The van der Waals surface area contributed by atoms with Gasteiger partial charge in [0.2, 0.25) is 5.79 Å². The minimum atomic E-state index is -1.69. The fraction of sp³-hybridized carbons (Fsp3) is 0.800. The van der Waals surface area contributed by atoms with E-state index in [4.69, 9.17) is 14.2 Å². The number of ether oxygens (including phenoxy) is 3. The van der Waals surface area contributed by atoms with Crippen LogP contribution in [0.3, 0.4) is 0 Å². The molecule has 114 valence electrons. The lowest BCUT2D eigenvalue weighted by Gasteiger charge is -2.55. The van der Waals surface area contributed by atoms with Crippen LogP contribution in [0.5, 0.6) is 0 Å². The first kappa shape index (κ1) is 12.6. The number of aliphatic hydroxyl groups is 2. The first-order valence-corrected chi connectivity index (χ1v) is 7.38. The molecule has 2 bridgehead atoms. The van der Waals surface area contributed by atoms with Gasteiger partial charge in [0.05, 0.1) is 24.0 Å². The summed E-state index contributed by atoms with van der Waals surface area (Å²) in [6, 6.07) is 0. The fourth-order valence-corrected chi connectivity index (χ4v) is 5.68. The van der Waals surface area contributed by atoms with Gasteiger partial charge in [-0.2, -0.15) is 0 Å². The van der Waals surface area contributed by atoms with E-state index in [1.807, 2.05) is 0 Å². The van der Waals surface area contributed by atoms with Crippen LogP contribution in [0.4, 0.5) is 0 Å². The summed E-state index contributed by atoms with van der Waals surface area (Å²) in [6.45, 7) is 7.82. The van der Waals surface area contributed by atoms with Gasteiger partial charge in [-0.15, -0.1) is 0 Å². The van der Waals surface area contributed by atoms with E-state index in [1.54, 1.807) is 13.8 Å². The monoisotopic (exact) mass is 294 g/mol. The molecule has 0 amide bonds. The minimum Gasteiger partial charge on any atom is -0.456 e. The highest BCUT2D eigenvalue weighted by atomic mass is 16.7. The van der Waals surface area contributed by atoms with Crippen molar-refractivity contribution in [2.45, 2.75) is 43.5 Å². The molecule has 0 aromatic rings. The predicted octanol–water partition coefficient (Wildman–Crippen LogP) is -0.413. The highest BCUT2D eigenvalue weighted by molar-refractivity contribution is 5.80. The number of fused-ring (bicyclic) bond motifs is 7. The number of carbonyl (C=O) groups excluding carboxylic acids is 1. The molecule has 5 aliphatic rings. The summed E-state index contributed by atoms with van der Waals surface area (Å²) >= 11 is 0. The van der Waals surface area contributed by atoms with Gasteiger partial charge in [-0.3, -0.25) is 4.79 Å². The van der Waals surface area contributed by atoms with Crippen molar-refractivity contribution in [1.29, 1.82) is 0 Å². The Labute approximate surface area is 121 Å². The smallest absolute Gasteiger partial charge is 0.313 e. The molecular weight excluding hydrogens is 276 g/mol. The summed E-state index contributed by atoms with van der Waals surface area (Å²) < 4.78 is 16.7. The van der Waals surface area contributed by atoms with Crippen molar-refractivity contribution in [2.24, 2.45) is 23.2 Å². The molecule has 0 spiro atoms. The van der Waals surface area contributed by atoms with Crippen molar-refractivity contribution < 1.29 is 29.2 Å². The Bertz CT molecular complexity index is 603. The summed E-state index contributed by atoms with van der Waals surface area (Å²) in [6.07, 6.45) is -1.38. The van der Waals surface area contributed by atoms with Gasteiger partial charge in [0.15, 0.2) is 6.10 Å². The van der Waals surface area contributed by atoms with Crippen LogP contribution < -0.4 is 0 Å². The van der Waals surface area contributed by atoms with E-state index in [1.165, 1.54) is 0 Å². The fourth-order valence-electron chi connectivity index (χ4n) is 5.68. The molecule has 5 fully saturated rings. The molecule has 0 aromatic carbocycles. The van der Waals surface area contributed by atoms with Crippen molar-refractivity contribution in [3.63, 3.8) is 0 Å². The quantitative estimate of drug-likeness (QED) is 0.388. The van der Waals surface area contributed by atoms with Gasteiger partial charge in [-0.25, -0.2) is 0 Å². The molecule has 9 atom stereocenters. The van der Waals surface area contributed by atoms with Crippen LogP contribution in [0.15, 0.2) is 12.2 Å². The van der Waals surface area contributed by atoms with Crippen molar-refractivity contribution in [1.82, 2.24) is 0 Å². The zero-order valence-corrected chi connectivity index (χ0v) is 11.9. The lowest BCUT2D eigenvalue weighted by molar-refractivity contribution is -0.334. The lowest BCUT2D eigenvalue weighted by atomic mass is 9.52. The van der Waals surface area contributed by atoms with Gasteiger partial charge in [0.1, 0.15) is 11.7 Å². The molecule has 2 aliphatic carbocycles. The van der Waals surface area contributed by atoms with Crippen LogP contribution in [0, 0.1) is 23.2 Å². The second-order valence-electron chi connectivity index (χ2n) is 7.37. The zero-order chi connectivity index (χ0) is 14.9. The van der Waals surface area contributed by atoms with Crippen LogP contribution in [0.25, 0.3) is 0 Å². The van der Waals surface area contributed by atoms with Gasteiger partial charge in [-0.05, 0) is 6.92 Å². The largest absolute Gasteiger partial charge is 0.456 e. The van der Waals surface area contributed by atoms with Gasteiger partial charge in [-0.1, -0.05) is 19.1 Å². The molecule has 3 aliphatic heterocycles. The van der Waals surface area contributed by atoms with Crippen LogP contribution in [-0.4, -0.2) is 52.5 Å². The molecule has 3 heterocycles. The number of hydrogen-bond acceptors (Lipinski definition) is 6. The average molecular weight is 294 g/mol. The third-order valence-corrected chi connectivity index (χ3v) is 6.77. The SMILES string of the molecule is C=C(C)[C@@H]1[C@H]2OC(=O)[C@@H]1[C@]1(O)[C@@H]3O[C@@H]3[C@@H]3CO[C@@]2(O)[C@@]31C. The second kappa shape index (κ2) is 3.06. The van der Waals surface area contributed by atoms with Crippen LogP contribution >= 0.6 is 0 Å². The van der Waals surface area contributed by atoms with E-state index < -0.39 is 46.8 Å². The van der Waals surface area contributed by atoms with E-state index in [2.05, 4.69) is 6.58 Å². The molecule has 6 nitrogen and oxygen atoms in total. The number of hydrogen-bond donors (Lipinski definition) is 2. The molecule has 0 unspecified atom stereocenters. The second-order valence-corrected chi connectivity index (χ2v) is 7.37. The van der Waals surface area contributed by atoms with E-state index in [0.29, 0.717) is 12.2 Å². The zero-order valence-electron chi connectivity index (χ0n) is 11.9. The number of rotatable bonds is 1. The predicted molar refractivity (Wildman–Crippen MR) is 67.8 cm³/mol. The van der Waals surface area contributed by atoms with Crippen molar-refractivity contribution in [2.75, 3.05) is 6.61 Å². The number of carbonyl (C=O) groups is 1. The first-order valence-electron chi connectivity index (χ1n) is 7.38. The Kier molecular flexibility index (Phi) is 1.83.